The standard InChI is InChI=1S/C18H34N2O3/c1-13(2)8-9-15(21)20-12-16(22)19-11-14-7-6-10-23-17(14)18(3,4)5/h13-14,17H,6-12H2,1-5H3,(H,19,22)(H,20,21)/t14-,17-/m1/s1. The molecule has 5 heteroatoms. The van der Waals surface area contributed by atoms with E-state index in [0.29, 0.717) is 24.8 Å². The lowest BCUT2D eigenvalue weighted by Crippen LogP contribution is -2.46. The van der Waals surface area contributed by atoms with E-state index in [1.807, 2.05) is 0 Å². The van der Waals surface area contributed by atoms with Crippen molar-refractivity contribution in [1.29, 1.82) is 0 Å². The van der Waals surface area contributed by atoms with Crippen LogP contribution < -0.4 is 10.6 Å². The molecule has 1 aliphatic rings. The van der Waals surface area contributed by atoms with Crippen molar-refractivity contribution < 1.29 is 14.3 Å². The first-order valence-electron chi connectivity index (χ1n) is 8.85. The molecular formula is C18H34N2O3. The molecule has 1 saturated heterocycles. The second-order valence-corrected chi connectivity index (χ2v) is 8.07. The van der Waals surface area contributed by atoms with E-state index in [4.69, 9.17) is 4.74 Å². The number of hydrogen-bond acceptors (Lipinski definition) is 3. The Balaban J connectivity index is 2.30. The number of rotatable bonds is 7. The molecule has 0 bridgehead atoms. The predicted molar refractivity (Wildman–Crippen MR) is 92.0 cm³/mol. The number of amides is 2. The molecule has 0 aromatic heterocycles. The maximum absolute atomic E-state index is 11.9. The number of carbonyl (C=O) groups excluding carboxylic acids is 2. The first-order chi connectivity index (χ1) is 10.7. The minimum atomic E-state index is -0.124. The minimum Gasteiger partial charge on any atom is -0.377 e. The van der Waals surface area contributed by atoms with Crippen LogP contribution in [0.1, 0.15) is 60.3 Å². The number of hydrogen-bond donors (Lipinski definition) is 2. The first-order valence-corrected chi connectivity index (χ1v) is 8.85. The predicted octanol–water partition coefficient (Wildman–Crippen LogP) is 2.50. The molecule has 23 heavy (non-hydrogen) atoms. The molecule has 2 amide bonds. The maximum Gasteiger partial charge on any atom is 0.239 e. The Bertz CT molecular complexity index is 388. The fourth-order valence-corrected chi connectivity index (χ4v) is 3.00. The van der Waals surface area contributed by atoms with Gasteiger partial charge in [-0.25, -0.2) is 0 Å². The van der Waals surface area contributed by atoms with Gasteiger partial charge in [0.15, 0.2) is 0 Å². The second kappa shape index (κ2) is 9.26. The van der Waals surface area contributed by atoms with Crippen LogP contribution in [0.2, 0.25) is 0 Å². The molecule has 5 nitrogen and oxygen atoms in total. The average molecular weight is 326 g/mol. The van der Waals surface area contributed by atoms with Crippen LogP contribution in [-0.2, 0) is 14.3 Å². The van der Waals surface area contributed by atoms with E-state index in [9.17, 15) is 9.59 Å². The molecular weight excluding hydrogens is 292 g/mol. The number of nitrogens with one attached hydrogen (secondary N) is 2. The molecule has 0 saturated carbocycles. The fourth-order valence-electron chi connectivity index (χ4n) is 3.00. The molecule has 134 valence electrons. The van der Waals surface area contributed by atoms with Crippen LogP contribution in [0.25, 0.3) is 0 Å². The highest BCUT2D eigenvalue weighted by molar-refractivity contribution is 5.84. The number of ether oxygens (including phenoxy) is 1. The van der Waals surface area contributed by atoms with E-state index in [1.54, 1.807) is 0 Å². The summed E-state index contributed by atoms with van der Waals surface area (Å²) in [7, 11) is 0. The molecule has 0 radical (unpaired) electrons. The van der Waals surface area contributed by atoms with Gasteiger partial charge in [0, 0.05) is 25.5 Å². The molecule has 0 aromatic carbocycles. The highest BCUT2D eigenvalue weighted by Crippen LogP contribution is 2.33. The minimum absolute atomic E-state index is 0.0533. The van der Waals surface area contributed by atoms with Crippen molar-refractivity contribution in [2.75, 3.05) is 19.7 Å². The van der Waals surface area contributed by atoms with Crippen molar-refractivity contribution in [3.05, 3.63) is 0 Å². The van der Waals surface area contributed by atoms with Gasteiger partial charge in [0.25, 0.3) is 0 Å². The van der Waals surface area contributed by atoms with Gasteiger partial charge in [-0.15, -0.1) is 0 Å². The van der Waals surface area contributed by atoms with Crippen molar-refractivity contribution in [2.45, 2.75) is 66.4 Å². The van der Waals surface area contributed by atoms with E-state index in [-0.39, 0.29) is 29.9 Å². The van der Waals surface area contributed by atoms with Crippen molar-refractivity contribution in [2.24, 2.45) is 17.3 Å². The summed E-state index contributed by atoms with van der Waals surface area (Å²) >= 11 is 0. The van der Waals surface area contributed by atoms with E-state index in [0.717, 1.165) is 25.9 Å². The summed E-state index contributed by atoms with van der Waals surface area (Å²) in [6.07, 6.45) is 3.60. The van der Waals surface area contributed by atoms with Gasteiger partial charge in [0.1, 0.15) is 0 Å². The topological polar surface area (TPSA) is 67.4 Å². The highest BCUT2D eigenvalue weighted by Gasteiger charge is 2.35. The van der Waals surface area contributed by atoms with Crippen LogP contribution in [0.3, 0.4) is 0 Å². The van der Waals surface area contributed by atoms with E-state index in [2.05, 4.69) is 45.3 Å². The Morgan fingerprint density at radius 2 is 1.87 bits per heavy atom. The lowest BCUT2D eigenvalue weighted by Gasteiger charge is -2.40. The van der Waals surface area contributed by atoms with Gasteiger partial charge in [0.05, 0.1) is 12.6 Å². The zero-order chi connectivity index (χ0) is 17.5. The van der Waals surface area contributed by atoms with Gasteiger partial charge >= 0.3 is 0 Å². The van der Waals surface area contributed by atoms with E-state index >= 15 is 0 Å². The molecule has 1 fully saturated rings. The molecule has 0 aromatic rings. The zero-order valence-corrected chi connectivity index (χ0v) is 15.4. The Morgan fingerprint density at radius 1 is 1.17 bits per heavy atom. The van der Waals surface area contributed by atoms with E-state index < -0.39 is 0 Å². The van der Waals surface area contributed by atoms with E-state index in [1.165, 1.54) is 0 Å². The maximum atomic E-state index is 11.9. The Hall–Kier alpha value is -1.10. The van der Waals surface area contributed by atoms with Gasteiger partial charge < -0.3 is 15.4 Å². The summed E-state index contributed by atoms with van der Waals surface area (Å²) in [5.74, 6) is 0.656. The fraction of sp³-hybridized carbons (Fsp3) is 0.889. The third-order valence-electron chi connectivity index (χ3n) is 4.25. The van der Waals surface area contributed by atoms with Crippen LogP contribution in [0.15, 0.2) is 0 Å². The Labute approximate surface area is 140 Å². The Morgan fingerprint density at radius 3 is 2.48 bits per heavy atom. The first kappa shape index (κ1) is 19.9. The summed E-state index contributed by atoms with van der Waals surface area (Å²) in [6, 6.07) is 0. The molecule has 1 rings (SSSR count). The lowest BCUT2D eigenvalue weighted by atomic mass is 9.78. The molecule has 2 atom stereocenters. The van der Waals surface area contributed by atoms with Crippen LogP contribution in [0, 0.1) is 17.3 Å². The third kappa shape index (κ3) is 7.82. The molecule has 0 spiro atoms. The van der Waals surface area contributed by atoms with Crippen molar-refractivity contribution in [3.63, 3.8) is 0 Å². The van der Waals surface area contributed by atoms with Gasteiger partial charge in [0.2, 0.25) is 11.8 Å². The summed E-state index contributed by atoms with van der Waals surface area (Å²) in [6.45, 7) is 12.2. The number of carbonyl (C=O) groups is 2. The van der Waals surface area contributed by atoms with Crippen molar-refractivity contribution in [3.8, 4) is 0 Å². The van der Waals surface area contributed by atoms with Crippen molar-refractivity contribution >= 4 is 11.8 Å². The molecule has 0 unspecified atom stereocenters. The SMILES string of the molecule is CC(C)CCC(=O)NCC(=O)NC[C@H]1CCCO[C@H]1C(C)(C)C. The largest absolute Gasteiger partial charge is 0.377 e. The van der Waals surface area contributed by atoms with Gasteiger partial charge in [-0.3, -0.25) is 9.59 Å². The van der Waals surface area contributed by atoms with Crippen LogP contribution in [0.5, 0.6) is 0 Å². The summed E-state index contributed by atoms with van der Waals surface area (Å²) in [4.78, 5) is 23.5. The van der Waals surface area contributed by atoms with Crippen LogP contribution >= 0.6 is 0 Å². The van der Waals surface area contributed by atoms with Gasteiger partial charge in [-0.2, -0.15) is 0 Å². The average Bonchev–Trinajstić information content (AvgIpc) is 2.48. The summed E-state index contributed by atoms with van der Waals surface area (Å²) in [5.41, 5.74) is 0.0703. The molecule has 1 heterocycles. The normalized spacial score (nSPS) is 22.0. The molecule has 0 aliphatic carbocycles. The van der Waals surface area contributed by atoms with Gasteiger partial charge in [-0.1, -0.05) is 34.6 Å². The molecule has 1 aliphatic heterocycles. The van der Waals surface area contributed by atoms with Crippen molar-refractivity contribution in [1.82, 2.24) is 10.6 Å². The third-order valence-corrected chi connectivity index (χ3v) is 4.25. The quantitative estimate of drug-likeness (QED) is 0.755. The monoisotopic (exact) mass is 326 g/mol. The van der Waals surface area contributed by atoms with Crippen LogP contribution in [0.4, 0.5) is 0 Å². The smallest absolute Gasteiger partial charge is 0.239 e. The second-order valence-electron chi connectivity index (χ2n) is 8.07. The zero-order valence-electron chi connectivity index (χ0n) is 15.4. The summed E-state index contributed by atoms with van der Waals surface area (Å²) < 4.78 is 5.92. The van der Waals surface area contributed by atoms with Crippen LogP contribution in [-0.4, -0.2) is 37.6 Å². The summed E-state index contributed by atoms with van der Waals surface area (Å²) in [5, 5.41) is 5.63. The Kier molecular flexibility index (Phi) is 8.03. The highest BCUT2D eigenvalue weighted by atomic mass is 16.5. The molecule has 2 N–H and O–H groups in total. The van der Waals surface area contributed by atoms with Gasteiger partial charge in [-0.05, 0) is 30.6 Å². The lowest BCUT2D eigenvalue weighted by molar-refractivity contribution is -0.127.